The summed E-state index contributed by atoms with van der Waals surface area (Å²) < 4.78 is 5.96. The fraction of sp³-hybridized carbons (Fsp3) is 0.214. The van der Waals surface area contributed by atoms with Crippen molar-refractivity contribution in [1.29, 1.82) is 0 Å². The van der Waals surface area contributed by atoms with Crippen LogP contribution in [0.2, 0.25) is 0 Å². The normalized spacial score (nSPS) is 26.4. The Bertz CT molecular complexity index is 1210. The number of aliphatic carboxylic acids is 1. The summed E-state index contributed by atoms with van der Waals surface area (Å²) in [4.78, 5) is 25.9. The van der Waals surface area contributed by atoms with Crippen LogP contribution in [0.3, 0.4) is 0 Å². The highest BCUT2D eigenvalue weighted by molar-refractivity contribution is 5.91. The molecule has 0 spiro atoms. The van der Waals surface area contributed by atoms with Gasteiger partial charge in [0.2, 0.25) is 0 Å². The standard InChI is InChI=1S/C28H24O4/c29-27(30)25-23(19-11-3-1-4-12-19)26(24(25)20-13-5-2-6-14-20)28(31)32-22-17-9-15-18-10-7-8-16-21(18)22/h1-13,15-17,20,23-26H,14H2,(H,29,30)/t20?,23?,24-,25?,26+/m1/s1. The maximum atomic E-state index is 13.6. The molecule has 1 saturated carbocycles. The van der Waals surface area contributed by atoms with Crippen molar-refractivity contribution in [2.75, 3.05) is 0 Å². The summed E-state index contributed by atoms with van der Waals surface area (Å²) in [6.07, 6.45) is 8.69. The van der Waals surface area contributed by atoms with E-state index in [1.165, 1.54) is 0 Å². The lowest BCUT2D eigenvalue weighted by molar-refractivity contribution is -0.166. The molecular weight excluding hydrogens is 400 g/mol. The molecule has 0 aromatic heterocycles. The van der Waals surface area contributed by atoms with Crippen molar-refractivity contribution in [2.45, 2.75) is 12.3 Å². The van der Waals surface area contributed by atoms with Crippen molar-refractivity contribution in [2.24, 2.45) is 23.7 Å². The van der Waals surface area contributed by atoms with Gasteiger partial charge in [0, 0.05) is 11.3 Å². The summed E-state index contributed by atoms with van der Waals surface area (Å²) in [5.41, 5.74) is 0.867. The summed E-state index contributed by atoms with van der Waals surface area (Å²) >= 11 is 0. The highest BCUT2D eigenvalue weighted by Gasteiger charge is 2.60. The molecule has 0 bridgehead atoms. The maximum Gasteiger partial charge on any atom is 0.315 e. The minimum absolute atomic E-state index is 0.00821. The molecule has 160 valence electrons. The topological polar surface area (TPSA) is 63.6 Å². The lowest BCUT2D eigenvalue weighted by atomic mass is 9.50. The lowest BCUT2D eigenvalue weighted by Gasteiger charge is -2.51. The largest absolute Gasteiger partial charge is 0.481 e. The van der Waals surface area contributed by atoms with Gasteiger partial charge in [0.25, 0.3) is 0 Å². The number of benzene rings is 3. The van der Waals surface area contributed by atoms with E-state index >= 15 is 0 Å². The van der Waals surface area contributed by atoms with Gasteiger partial charge < -0.3 is 9.84 Å². The first-order valence-electron chi connectivity index (χ1n) is 11.0. The van der Waals surface area contributed by atoms with E-state index in [0.29, 0.717) is 5.75 Å². The second kappa shape index (κ2) is 8.46. The molecule has 3 aromatic rings. The summed E-state index contributed by atoms with van der Waals surface area (Å²) in [6.45, 7) is 0. The van der Waals surface area contributed by atoms with E-state index in [9.17, 15) is 14.7 Å². The van der Waals surface area contributed by atoms with E-state index < -0.39 is 23.7 Å². The molecule has 3 aromatic carbocycles. The van der Waals surface area contributed by atoms with Crippen LogP contribution in [0.1, 0.15) is 17.9 Å². The molecule has 2 aliphatic carbocycles. The van der Waals surface area contributed by atoms with Crippen LogP contribution in [-0.4, -0.2) is 17.0 Å². The summed E-state index contributed by atoms with van der Waals surface area (Å²) in [5, 5.41) is 12.0. The van der Waals surface area contributed by atoms with Crippen LogP contribution in [0, 0.1) is 23.7 Å². The van der Waals surface area contributed by atoms with Crippen LogP contribution >= 0.6 is 0 Å². The van der Waals surface area contributed by atoms with Gasteiger partial charge in [-0.15, -0.1) is 0 Å². The second-order valence-electron chi connectivity index (χ2n) is 8.51. The van der Waals surface area contributed by atoms with Crippen molar-refractivity contribution in [3.8, 4) is 5.75 Å². The maximum absolute atomic E-state index is 13.6. The Morgan fingerprint density at radius 1 is 0.844 bits per heavy atom. The van der Waals surface area contributed by atoms with Gasteiger partial charge in [-0.05, 0) is 35.3 Å². The van der Waals surface area contributed by atoms with Gasteiger partial charge in [0.05, 0.1) is 11.8 Å². The summed E-state index contributed by atoms with van der Waals surface area (Å²) in [6, 6.07) is 22.9. The van der Waals surface area contributed by atoms with E-state index in [1.54, 1.807) is 6.07 Å². The van der Waals surface area contributed by atoms with Gasteiger partial charge in [-0.2, -0.15) is 0 Å². The smallest absolute Gasteiger partial charge is 0.315 e. The number of rotatable bonds is 5. The first kappa shape index (κ1) is 20.3. The van der Waals surface area contributed by atoms with Gasteiger partial charge >= 0.3 is 11.9 Å². The zero-order valence-electron chi connectivity index (χ0n) is 17.5. The van der Waals surface area contributed by atoms with Crippen LogP contribution in [0.4, 0.5) is 0 Å². The summed E-state index contributed by atoms with van der Waals surface area (Å²) in [7, 11) is 0. The van der Waals surface area contributed by atoms with E-state index in [1.807, 2.05) is 91.0 Å². The highest BCUT2D eigenvalue weighted by atomic mass is 16.5. The van der Waals surface area contributed by atoms with Gasteiger partial charge in [0.1, 0.15) is 5.75 Å². The number of allylic oxidation sites excluding steroid dienone is 4. The highest BCUT2D eigenvalue weighted by Crippen LogP contribution is 2.57. The van der Waals surface area contributed by atoms with Crippen LogP contribution in [0.5, 0.6) is 5.75 Å². The SMILES string of the molecule is O=C(O)C1C(c2ccccc2)[C@H](C(=O)Oc2cccc3ccccc23)[C@@H]1C1C=CC=CC1. The molecule has 4 nitrogen and oxygen atoms in total. The van der Waals surface area contributed by atoms with Crippen LogP contribution < -0.4 is 4.74 Å². The third-order valence-electron chi connectivity index (χ3n) is 6.81. The van der Waals surface area contributed by atoms with E-state index in [-0.39, 0.29) is 17.8 Å². The Kier molecular flexibility index (Phi) is 5.36. The molecule has 1 fully saturated rings. The summed E-state index contributed by atoms with van der Waals surface area (Å²) in [5.74, 6) is -2.62. The molecule has 0 heterocycles. The van der Waals surface area contributed by atoms with Gasteiger partial charge in [0.15, 0.2) is 0 Å². The average Bonchev–Trinajstić information content (AvgIpc) is 2.80. The van der Waals surface area contributed by atoms with Crippen LogP contribution in [-0.2, 0) is 9.59 Å². The van der Waals surface area contributed by atoms with Gasteiger partial charge in [-0.25, -0.2) is 0 Å². The zero-order chi connectivity index (χ0) is 22.1. The number of carbonyl (C=O) groups is 2. The third-order valence-corrected chi connectivity index (χ3v) is 6.81. The molecule has 5 rings (SSSR count). The van der Waals surface area contributed by atoms with Crippen molar-refractivity contribution in [3.05, 3.63) is 103 Å². The Morgan fingerprint density at radius 2 is 1.59 bits per heavy atom. The quantitative estimate of drug-likeness (QED) is 0.427. The minimum Gasteiger partial charge on any atom is -0.481 e. The van der Waals surface area contributed by atoms with Gasteiger partial charge in [-0.3, -0.25) is 9.59 Å². The molecule has 2 aliphatic rings. The Hall–Kier alpha value is -3.66. The fourth-order valence-electron chi connectivity index (χ4n) is 5.37. The molecular formula is C28H24O4. The number of carboxylic acid groups (broad SMARTS) is 1. The Morgan fingerprint density at radius 3 is 2.34 bits per heavy atom. The lowest BCUT2D eigenvalue weighted by Crippen LogP contribution is -2.56. The molecule has 4 heteroatoms. The monoisotopic (exact) mass is 424 g/mol. The van der Waals surface area contributed by atoms with Crippen molar-refractivity contribution < 1.29 is 19.4 Å². The number of ether oxygens (including phenoxy) is 1. The number of esters is 1. The first-order valence-corrected chi connectivity index (χ1v) is 11.0. The zero-order valence-corrected chi connectivity index (χ0v) is 17.5. The van der Waals surface area contributed by atoms with Gasteiger partial charge in [-0.1, -0.05) is 91.0 Å². The molecule has 1 N–H and O–H groups in total. The van der Waals surface area contributed by atoms with E-state index in [4.69, 9.17) is 4.74 Å². The van der Waals surface area contributed by atoms with Crippen LogP contribution in [0.25, 0.3) is 10.8 Å². The molecule has 0 aliphatic heterocycles. The molecule has 3 unspecified atom stereocenters. The average molecular weight is 424 g/mol. The number of carbonyl (C=O) groups excluding carboxylic acids is 1. The molecule has 32 heavy (non-hydrogen) atoms. The number of hydrogen-bond donors (Lipinski definition) is 1. The predicted octanol–water partition coefficient (Wildman–Crippen LogP) is 5.61. The van der Waals surface area contributed by atoms with Crippen LogP contribution in [0.15, 0.2) is 97.1 Å². The Labute approximate surface area is 186 Å². The molecule has 0 amide bonds. The molecule has 0 radical (unpaired) electrons. The second-order valence-corrected chi connectivity index (χ2v) is 8.51. The number of fused-ring (bicyclic) bond motifs is 1. The predicted molar refractivity (Wildman–Crippen MR) is 123 cm³/mol. The number of carboxylic acids is 1. The molecule has 0 saturated heterocycles. The fourth-order valence-corrected chi connectivity index (χ4v) is 5.37. The third kappa shape index (κ3) is 3.52. The van der Waals surface area contributed by atoms with E-state index in [0.717, 1.165) is 22.8 Å². The van der Waals surface area contributed by atoms with Crippen molar-refractivity contribution in [1.82, 2.24) is 0 Å². The van der Waals surface area contributed by atoms with Crippen molar-refractivity contribution in [3.63, 3.8) is 0 Å². The minimum atomic E-state index is -0.860. The van der Waals surface area contributed by atoms with Crippen molar-refractivity contribution >= 4 is 22.7 Å². The first-order chi connectivity index (χ1) is 15.6. The van der Waals surface area contributed by atoms with E-state index in [2.05, 4.69) is 0 Å². The Balaban J connectivity index is 1.52. The number of hydrogen-bond acceptors (Lipinski definition) is 3. The molecule has 5 atom stereocenters.